The number of rotatable bonds is 6. The van der Waals surface area contributed by atoms with Crippen molar-refractivity contribution in [3.8, 4) is 0 Å². The van der Waals surface area contributed by atoms with Crippen LogP contribution >= 0.6 is 15.9 Å². The van der Waals surface area contributed by atoms with Crippen LogP contribution in [0.15, 0.2) is 4.47 Å². The number of nitrogens with zero attached hydrogens (tertiary/aromatic N) is 3. The van der Waals surface area contributed by atoms with E-state index in [0.717, 1.165) is 28.8 Å². The Labute approximate surface area is 110 Å². The molecule has 1 rings (SSSR count). The van der Waals surface area contributed by atoms with Gasteiger partial charge in [0.2, 0.25) is 5.91 Å². The Bertz CT molecular complexity index is 402. The maximum atomic E-state index is 10.8. The maximum Gasteiger partial charge on any atom is 0.231 e. The minimum absolute atomic E-state index is 0.253. The van der Waals surface area contributed by atoms with Crippen LogP contribution in [0.4, 0.5) is 0 Å². The Morgan fingerprint density at radius 1 is 1.53 bits per heavy atom. The average molecular weight is 303 g/mol. The van der Waals surface area contributed by atoms with Crippen molar-refractivity contribution in [2.24, 2.45) is 5.73 Å². The van der Waals surface area contributed by atoms with Crippen molar-refractivity contribution < 1.29 is 4.79 Å². The van der Waals surface area contributed by atoms with Crippen LogP contribution in [0.5, 0.6) is 0 Å². The molecule has 0 atom stereocenters. The summed E-state index contributed by atoms with van der Waals surface area (Å²) in [6.07, 6.45) is 0.889. The Kier molecular flexibility index (Phi) is 5.14. The number of hydrogen-bond acceptors (Lipinski definition) is 3. The van der Waals surface area contributed by atoms with Gasteiger partial charge in [-0.1, -0.05) is 6.92 Å². The molecule has 0 unspecified atom stereocenters. The van der Waals surface area contributed by atoms with E-state index in [-0.39, 0.29) is 12.5 Å². The normalized spacial score (nSPS) is 11.1. The van der Waals surface area contributed by atoms with Crippen molar-refractivity contribution in [1.82, 2.24) is 14.7 Å². The Morgan fingerprint density at radius 2 is 2.18 bits per heavy atom. The zero-order valence-corrected chi connectivity index (χ0v) is 12.1. The predicted molar refractivity (Wildman–Crippen MR) is 70.5 cm³/mol. The van der Waals surface area contributed by atoms with E-state index < -0.39 is 0 Å². The lowest BCUT2D eigenvalue weighted by atomic mass is 10.3. The second kappa shape index (κ2) is 6.16. The third-order valence-corrected chi connectivity index (χ3v) is 3.45. The first-order valence-corrected chi connectivity index (χ1v) is 6.49. The lowest BCUT2D eigenvalue weighted by Crippen LogP contribution is -2.31. The van der Waals surface area contributed by atoms with Gasteiger partial charge < -0.3 is 5.73 Å². The summed E-state index contributed by atoms with van der Waals surface area (Å²) in [5.41, 5.74) is 7.31. The summed E-state index contributed by atoms with van der Waals surface area (Å²) in [5.74, 6) is -0.318. The summed E-state index contributed by atoms with van der Waals surface area (Å²) < 4.78 is 3.00. The molecule has 1 aromatic rings. The van der Waals surface area contributed by atoms with Gasteiger partial charge in [-0.15, -0.1) is 0 Å². The van der Waals surface area contributed by atoms with Crippen molar-refractivity contribution in [3.05, 3.63) is 15.9 Å². The highest BCUT2D eigenvalue weighted by Crippen LogP contribution is 2.23. The molecule has 0 aliphatic heterocycles. The molecule has 0 aromatic carbocycles. The first kappa shape index (κ1) is 14.2. The topological polar surface area (TPSA) is 64.2 Å². The SMILES string of the molecule is CCc1nn(CC)c(CN(C)CC(N)=O)c1Br. The van der Waals surface area contributed by atoms with Crippen molar-refractivity contribution in [1.29, 1.82) is 0 Å². The largest absolute Gasteiger partial charge is 0.369 e. The number of likely N-dealkylation sites (N-methyl/N-ethyl adjacent to an activating group) is 1. The van der Waals surface area contributed by atoms with E-state index in [9.17, 15) is 4.79 Å². The van der Waals surface area contributed by atoms with E-state index in [2.05, 4.69) is 34.9 Å². The summed E-state index contributed by atoms with van der Waals surface area (Å²) in [7, 11) is 1.87. The van der Waals surface area contributed by atoms with Crippen molar-refractivity contribution in [2.75, 3.05) is 13.6 Å². The monoisotopic (exact) mass is 302 g/mol. The van der Waals surface area contributed by atoms with E-state index in [1.807, 2.05) is 16.6 Å². The Morgan fingerprint density at radius 3 is 2.65 bits per heavy atom. The molecular weight excluding hydrogens is 284 g/mol. The van der Waals surface area contributed by atoms with Crippen molar-refractivity contribution >= 4 is 21.8 Å². The molecule has 0 bridgehead atoms. The molecule has 0 saturated carbocycles. The summed E-state index contributed by atoms with van der Waals surface area (Å²) in [4.78, 5) is 12.7. The zero-order chi connectivity index (χ0) is 13.0. The Hall–Kier alpha value is -0.880. The molecule has 96 valence electrons. The second-order valence-electron chi connectivity index (χ2n) is 4.02. The van der Waals surface area contributed by atoms with Gasteiger partial charge in [0, 0.05) is 13.1 Å². The van der Waals surface area contributed by atoms with E-state index in [1.165, 1.54) is 0 Å². The molecule has 0 radical (unpaired) electrons. The van der Waals surface area contributed by atoms with E-state index in [0.29, 0.717) is 6.54 Å². The van der Waals surface area contributed by atoms with Gasteiger partial charge in [-0.25, -0.2) is 0 Å². The summed E-state index contributed by atoms with van der Waals surface area (Å²) in [5, 5.41) is 4.51. The van der Waals surface area contributed by atoms with Crippen LogP contribution in [-0.4, -0.2) is 34.2 Å². The maximum absolute atomic E-state index is 10.8. The smallest absolute Gasteiger partial charge is 0.231 e. The molecule has 2 N–H and O–H groups in total. The first-order valence-electron chi connectivity index (χ1n) is 5.70. The molecular formula is C11H19BrN4O. The van der Waals surface area contributed by atoms with Gasteiger partial charge in [0.1, 0.15) is 0 Å². The van der Waals surface area contributed by atoms with Crippen LogP contribution in [0, 0.1) is 0 Å². The fourth-order valence-corrected chi connectivity index (χ4v) is 2.44. The number of aromatic nitrogens is 2. The van der Waals surface area contributed by atoms with Gasteiger partial charge in [0.05, 0.1) is 22.4 Å². The molecule has 0 saturated heterocycles. The molecule has 6 heteroatoms. The molecule has 1 heterocycles. The number of primary amides is 1. The van der Waals surface area contributed by atoms with Crippen LogP contribution in [0.25, 0.3) is 0 Å². The third kappa shape index (κ3) is 3.54. The van der Waals surface area contributed by atoms with Gasteiger partial charge in [-0.3, -0.25) is 14.4 Å². The van der Waals surface area contributed by atoms with E-state index in [1.54, 1.807) is 0 Å². The average Bonchev–Trinajstić information content (AvgIpc) is 2.55. The summed E-state index contributed by atoms with van der Waals surface area (Å²) >= 11 is 3.57. The standard InChI is InChI=1S/C11H19BrN4O/c1-4-8-11(12)9(16(5-2)14-8)6-15(3)7-10(13)17/h4-7H2,1-3H3,(H2,13,17). The fourth-order valence-electron chi connectivity index (χ4n) is 1.75. The van der Waals surface area contributed by atoms with Gasteiger partial charge >= 0.3 is 0 Å². The molecule has 0 spiro atoms. The van der Waals surface area contributed by atoms with Crippen LogP contribution in [-0.2, 0) is 24.3 Å². The molecule has 1 amide bonds. The minimum atomic E-state index is -0.318. The van der Waals surface area contributed by atoms with E-state index in [4.69, 9.17) is 5.73 Å². The van der Waals surface area contributed by atoms with Gasteiger partial charge in [0.15, 0.2) is 0 Å². The van der Waals surface area contributed by atoms with Crippen LogP contribution < -0.4 is 5.73 Å². The molecule has 5 nitrogen and oxygen atoms in total. The Balaban J connectivity index is 2.88. The zero-order valence-electron chi connectivity index (χ0n) is 10.5. The molecule has 0 fully saturated rings. The number of halogens is 1. The van der Waals surface area contributed by atoms with Gasteiger partial charge in [-0.05, 0) is 36.3 Å². The van der Waals surface area contributed by atoms with Crippen LogP contribution in [0.3, 0.4) is 0 Å². The fraction of sp³-hybridized carbons (Fsp3) is 0.636. The predicted octanol–water partition coefficient (Wildman–Crippen LogP) is 1.15. The lowest BCUT2D eigenvalue weighted by Gasteiger charge is -2.15. The van der Waals surface area contributed by atoms with Crippen LogP contribution in [0.1, 0.15) is 25.2 Å². The number of carbonyl (C=O) groups is 1. The van der Waals surface area contributed by atoms with Gasteiger partial charge in [-0.2, -0.15) is 5.10 Å². The molecule has 1 aromatic heterocycles. The third-order valence-electron chi connectivity index (χ3n) is 2.54. The molecule has 17 heavy (non-hydrogen) atoms. The molecule has 0 aliphatic carbocycles. The number of nitrogens with two attached hydrogens (primary N) is 1. The molecule has 0 aliphatic rings. The highest BCUT2D eigenvalue weighted by atomic mass is 79.9. The first-order chi connectivity index (χ1) is 7.99. The number of hydrogen-bond donors (Lipinski definition) is 1. The number of carbonyl (C=O) groups excluding carboxylic acids is 1. The minimum Gasteiger partial charge on any atom is -0.369 e. The van der Waals surface area contributed by atoms with Gasteiger partial charge in [0.25, 0.3) is 0 Å². The highest BCUT2D eigenvalue weighted by molar-refractivity contribution is 9.10. The summed E-state index contributed by atoms with van der Waals surface area (Å²) in [6, 6.07) is 0. The quantitative estimate of drug-likeness (QED) is 0.857. The van der Waals surface area contributed by atoms with Crippen molar-refractivity contribution in [3.63, 3.8) is 0 Å². The second-order valence-corrected chi connectivity index (χ2v) is 4.81. The number of aryl methyl sites for hydroxylation is 2. The summed E-state index contributed by atoms with van der Waals surface area (Å²) in [6.45, 7) is 5.85. The van der Waals surface area contributed by atoms with E-state index >= 15 is 0 Å². The lowest BCUT2D eigenvalue weighted by molar-refractivity contribution is -0.118. The highest BCUT2D eigenvalue weighted by Gasteiger charge is 2.15. The van der Waals surface area contributed by atoms with Crippen molar-refractivity contribution in [2.45, 2.75) is 33.4 Å². The van der Waals surface area contributed by atoms with Crippen LogP contribution in [0.2, 0.25) is 0 Å². The number of amides is 1.